The fraction of sp³-hybridized carbons (Fsp3) is 0.333. The van der Waals surface area contributed by atoms with Crippen molar-refractivity contribution in [3.8, 4) is 11.5 Å². The van der Waals surface area contributed by atoms with Crippen LogP contribution in [0.2, 0.25) is 0 Å². The van der Waals surface area contributed by atoms with Gasteiger partial charge in [0.1, 0.15) is 11.2 Å². The van der Waals surface area contributed by atoms with Crippen LogP contribution in [-0.4, -0.2) is 0 Å². The molecule has 0 aliphatic carbocycles. The quantitative estimate of drug-likeness (QED) is 0.358. The van der Waals surface area contributed by atoms with Crippen molar-refractivity contribution in [2.45, 2.75) is 52.4 Å². The first-order valence-electron chi connectivity index (χ1n) is 9.20. The van der Waals surface area contributed by atoms with Crippen LogP contribution in [0.15, 0.2) is 57.4 Å². The summed E-state index contributed by atoms with van der Waals surface area (Å²) in [4.78, 5) is 0. The molecule has 134 valence electrons. The predicted octanol–water partition coefficient (Wildman–Crippen LogP) is 7.44. The van der Waals surface area contributed by atoms with Gasteiger partial charge in [-0.2, -0.15) is 0 Å². The molecule has 4 rings (SSSR count). The Bertz CT molecular complexity index is 1000. The topological polar surface area (TPSA) is 26.3 Å². The standard InChI is InChI=1S/C24H26O2/c1-23(2,3)17-7-9-19-15(11-17)13-21(25-19)22-14-16-12-18(24(4,5)6)8-10-20(16)26-22/h7-14H,1-6H3. The maximum Gasteiger partial charge on any atom is 0.170 e. The Balaban J connectivity index is 1.79. The van der Waals surface area contributed by atoms with Crippen molar-refractivity contribution in [3.63, 3.8) is 0 Å². The lowest BCUT2D eigenvalue weighted by Gasteiger charge is -2.18. The van der Waals surface area contributed by atoms with Gasteiger partial charge in [0.25, 0.3) is 0 Å². The highest BCUT2D eigenvalue weighted by atomic mass is 16.4. The lowest BCUT2D eigenvalue weighted by Crippen LogP contribution is -2.10. The van der Waals surface area contributed by atoms with E-state index in [0.717, 1.165) is 33.5 Å². The average molecular weight is 346 g/mol. The minimum absolute atomic E-state index is 0.119. The van der Waals surface area contributed by atoms with Crippen LogP contribution in [-0.2, 0) is 10.8 Å². The fourth-order valence-electron chi connectivity index (χ4n) is 3.26. The Morgan fingerprint density at radius 1 is 0.538 bits per heavy atom. The van der Waals surface area contributed by atoms with Gasteiger partial charge in [0, 0.05) is 10.8 Å². The normalized spacial score (nSPS) is 13.0. The molecule has 2 aromatic carbocycles. The molecule has 2 heterocycles. The molecule has 0 N–H and O–H groups in total. The maximum absolute atomic E-state index is 6.06. The van der Waals surface area contributed by atoms with E-state index < -0.39 is 0 Å². The van der Waals surface area contributed by atoms with Gasteiger partial charge in [-0.15, -0.1) is 0 Å². The summed E-state index contributed by atoms with van der Waals surface area (Å²) in [5.41, 5.74) is 4.63. The Morgan fingerprint density at radius 2 is 0.923 bits per heavy atom. The third kappa shape index (κ3) is 2.94. The van der Waals surface area contributed by atoms with Gasteiger partial charge in [0.05, 0.1) is 0 Å². The van der Waals surface area contributed by atoms with Gasteiger partial charge in [0.2, 0.25) is 0 Å². The van der Waals surface area contributed by atoms with E-state index in [-0.39, 0.29) is 10.8 Å². The second-order valence-corrected chi connectivity index (χ2v) is 9.23. The van der Waals surface area contributed by atoms with Crippen LogP contribution in [0.3, 0.4) is 0 Å². The number of rotatable bonds is 1. The number of hydrogen-bond acceptors (Lipinski definition) is 2. The van der Waals surface area contributed by atoms with E-state index in [4.69, 9.17) is 8.83 Å². The minimum atomic E-state index is 0.119. The summed E-state index contributed by atoms with van der Waals surface area (Å²) >= 11 is 0. The third-order valence-electron chi connectivity index (χ3n) is 5.01. The van der Waals surface area contributed by atoms with Crippen LogP contribution in [0, 0.1) is 0 Å². The summed E-state index contributed by atoms with van der Waals surface area (Å²) in [6.07, 6.45) is 0. The molecule has 0 unspecified atom stereocenters. The molecule has 0 saturated carbocycles. The summed E-state index contributed by atoms with van der Waals surface area (Å²) in [5, 5.41) is 2.23. The molecule has 0 bridgehead atoms. The number of hydrogen-bond donors (Lipinski definition) is 0. The summed E-state index contributed by atoms with van der Waals surface area (Å²) in [6.45, 7) is 13.3. The molecule has 0 amide bonds. The smallest absolute Gasteiger partial charge is 0.170 e. The van der Waals surface area contributed by atoms with Gasteiger partial charge in [0.15, 0.2) is 11.5 Å². The highest BCUT2D eigenvalue weighted by Gasteiger charge is 2.18. The molecule has 2 heteroatoms. The van der Waals surface area contributed by atoms with Crippen LogP contribution in [0.5, 0.6) is 0 Å². The number of furan rings is 2. The fourth-order valence-corrected chi connectivity index (χ4v) is 3.26. The van der Waals surface area contributed by atoms with Gasteiger partial charge in [-0.25, -0.2) is 0 Å². The molecule has 0 aliphatic heterocycles. The third-order valence-corrected chi connectivity index (χ3v) is 5.01. The van der Waals surface area contributed by atoms with E-state index in [0.29, 0.717) is 0 Å². The van der Waals surface area contributed by atoms with Crippen molar-refractivity contribution in [2.24, 2.45) is 0 Å². The van der Waals surface area contributed by atoms with Crippen molar-refractivity contribution in [1.82, 2.24) is 0 Å². The van der Waals surface area contributed by atoms with Crippen molar-refractivity contribution in [3.05, 3.63) is 59.7 Å². The Morgan fingerprint density at radius 3 is 1.27 bits per heavy atom. The molecule has 0 radical (unpaired) electrons. The van der Waals surface area contributed by atoms with Gasteiger partial charge in [-0.05, 0) is 58.4 Å². The first kappa shape index (κ1) is 17.0. The maximum atomic E-state index is 6.06. The van der Waals surface area contributed by atoms with Crippen LogP contribution in [0.25, 0.3) is 33.5 Å². The minimum Gasteiger partial charge on any atom is -0.453 e. The second kappa shape index (κ2) is 5.51. The van der Waals surface area contributed by atoms with Crippen molar-refractivity contribution in [2.75, 3.05) is 0 Å². The average Bonchev–Trinajstić information content (AvgIpc) is 3.15. The van der Waals surface area contributed by atoms with E-state index in [1.54, 1.807) is 0 Å². The van der Waals surface area contributed by atoms with Crippen LogP contribution >= 0.6 is 0 Å². The summed E-state index contributed by atoms with van der Waals surface area (Å²) in [7, 11) is 0. The summed E-state index contributed by atoms with van der Waals surface area (Å²) in [6, 6.07) is 17.0. The Kier molecular flexibility index (Phi) is 3.59. The molecular weight excluding hydrogens is 320 g/mol. The van der Waals surface area contributed by atoms with Crippen LogP contribution < -0.4 is 0 Å². The van der Waals surface area contributed by atoms with E-state index in [9.17, 15) is 0 Å². The molecule has 0 fully saturated rings. The highest BCUT2D eigenvalue weighted by molar-refractivity contribution is 5.87. The van der Waals surface area contributed by atoms with E-state index >= 15 is 0 Å². The molecule has 0 atom stereocenters. The summed E-state index contributed by atoms with van der Waals surface area (Å²) < 4.78 is 12.1. The van der Waals surface area contributed by atoms with Gasteiger partial charge >= 0.3 is 0 Å². The van der Waals surface area contributed by atoms with E-state index in [1.807, 2.05) is 0 Å². The molecule has 0 aliphatic rings. The van der Waals surface area contributed by atoms with E-state index in [1.165, 1.54) is 11.1 Å². The summed E-state index contributed by atoms with van der Waals surface area (Å²) in [5.74, 6) is 1.55. The van der Waals surface area contributed by atoms with E-state index in [2.05, 4.69) is 90.1 Å². The van der Waals surface area contributed by atoms with Crippen LogP contribution in [0.1, 0.15) is 52.7 Å². The highest BCUT2D eigenvalue weighted by Crippen LogP contribution is 2.35. The Hall–Kier alpha value is -2.48. The molecule has 4 aromatic rings. The van der Waals surface area contributed by atoms with Crippen molar-refractivity contribution in [1.29, 1.82) is 0 Å². The second-order valence-electron chi connectivity index (χ2n) is 9.23. The molecule has 26 heavy (non-hydrogen) atoms. The van der Waals surface area contributed by atoms with Crippen molar-refractivity contribution < 1.29 is 8.83 Å². The van der Waals surface area contributed by atoms with Crippen LogP contribution in [0.4, 0.5) is 0 Å². The monoisotopic (exact) mass is 346 g/mol. The SMILES string of the molecule is CC(C)(C)c1ccc2oc(-c3cc4cc(C(C)(C)C)ccc4o3)cc2c1. The molecule has 0 spiro atoms. The van der Waals surface area contributed by atoms with Gasteiger partial charge in [-0.3, -0.25) is 0 Å². The van der Waals surface area contributed by atoms with Gasteiger partial charge < -0.3 is 8.83 Å². The molecule has 0 saturated heterocycles. The molecule has 2 aromatic heterocycles. The first-order valence-corrected chi connectivity index (χ1v) is 9.20. The lowest BCUT2D eigenvalue weighted by atomic mass is 9.86. The zero-order chi connectivity index (χ0) is 18.7. The molecular formula is C24H26O2. The largest absolute Gasteiger partial charge is 0.453 e. The number of benzene rings is 2. The van der Waals surface area contributed by atoms with Crippen molar-refractivity contribution >= 4 is 21.9 Å². The first-order chi connectivity index (χ1) is 12.1. The lowest BCUT2D eigenvalue weighted by molar-refractivity contribution is 0.567. The predicted molar refractivity (Wildman–Crippen MR) is 109 cm³/mol. The zero-order valence-electron chi connectivity index (χ0n) is 16.4. The van der Waals surface area contributed by atoms with Gasteiger partial charge in [-0.1, -0.05) is 53.7 Å². The zero-order valence-corrected chi connectivity index (χ0v) is 16.4. The molecule has 2 nitrogen and oxygen atoms in total. The number of fused-ring (bicyclic) bond motifs is 2. The Labute approximate surface area is 154 Å².